The Bertz CT molecular complexity index is 464. The van der Waals surface area contributed by atoms with Crippen molar-refractivity contribution in [2.45, 2.75) is 70.5 Å². The molecule has 0 aromatic carbocycles. The van der Waals surface area contributed by atoms with Gasteiger partial charge in [0.05, 0.1) is 12.2 Å². The van der Waals surface area contributed by atoms with Crippen molar-refractivity contribution in [1.29, 1.82) is 0 Å². The summed E-state index contributed by atoms with van der Waals surface area (Å²) in [5, 5.41) is 19.6. The third-order valence-electron chi connectivity index (χ3n) is 3.91. The van der Waals surface area contributed by atoms with Crippen LogP contribution < -0.4 is 0 Å². The lowest BCUT2D eigenvalue weighted by molar-refractivity contribution is -0.128. The van der Waals surface area contributed by atoms with Crippen LogP contribution in [-0.4, -0.2) is 47.3 Å². The van der Waals surface area contributed by atoms with Gasteiger partial charge in [0.25, 0.3) is 0 Å². The van der Waals surface area contributed by atoms with Crippen LogP contribution in [0.4, 0.5) is 0 Å². The minimum Gasteiger partial charge on any atom is -0.389 e. The molecule has 4 heteroatoms. The lowest BCUT2D eigenvalue weighted by Crippen LogP contribution is -2.21. The van der Waals surface area contributed by atoms with Crippen molar-refractivity contribution in [3.63, 3.8) is 0 Å². The normalized spacial score (nSPS) is 14.8. The molecule has 2 N–H and O–H groups in total. The van der Waals surface area contributed by atoms with Gasteiger partial charge in [-0.05, 0) is 32.1 Å². The van der Waals surface area contributed by atoms with Crippen LogP contribution in [0.1, 0.15) is 58.3 Å². The van der Waals surface area contributed by atoms with Gasteiger partial charge in [0, 0.05) is 20.5 Å². The number of carbonyl (C=O) groups is 1. The van der Waals surface area contributed by atoms with Gasteiger partial charge >= 0.3 is 0 Å². The fourth-order valence-corrected chi connectivity index (χ4v) is 2.24. The largest absolute Gasteiger partial charge is 0.389 e. The molecule has 0 bridgehead atoms. The predicted molar refractivity (Wildman–Crippen MR) is 110 cm³/mol. The molecular formula is C22H37NO3. The van der Waals surface area contributed by atoms with Gasteiger partial charge in [-0.3, -0.25) is 4.79 Å². The maximum Gasteiger partial charge on any atom is 0.222 e. The minimum absolute atomic E-state index is 0.0839. The highest BCUT2D eigenvalue weighted by atomic mass is 16.3. The maximum atomic E-state index is 11.4. The number of aliphatic hydroxyl groups is 2. The first-order valence-corrected chi connectivity index (χ1v) is 9.70. The Hall–Kier alpha value is -1.65. The molecule has 26 heavy (non-hydrogen) atoms. The van der Waals surface area contributed by atoms with E-state index in [2.05, 4.69) is 13.0 Å². The monoisotopic (exact) mass is 363 g/mol. The van der Waals surface area contributed by atoms with E-state index in [0.717, 1.165) is 6.42 Å². The first kappa shape index (κ1) is 24.4. The Morgan fingerprint density at radius 1 is 0.923 bits per heavy atom. The Morgan fingerprint density at radius 2 is 1.58 bits per heavy atom. The quantitative estimate of drug-likeness (QED) is 0.277. The Kier molecular flexibility index (Phi) is 15.7. The lowest BCUT2D eigenvalue weighted by Gasteiger charge is -2.10. The van der Waals surface area contributed by atoms with Crippen LogP contribution in [0.25, 0.3) is 0 Å². The standard InChI is InChI=1S/C22H37NO3/c1-4-5-6-7-8-11-15-20(24)16-12-9-10-13-17-21(25)18-14-19-22(26)23(2)3/h8-13,16-17,20-21,24-25H,4-7,14-15,18-19H2,1-3H3/b10-9+,11-8-,16-12+,17-13-/t20-,21-/m0/s1. The van der Waals surface area contributed by atoms with E-state index >= 15 is 0 Å². The van der Waals surface area contributed by atoms with Crippen LogP contribution in [0.3, 0.4) is 0 Å². The van der Waals surface area contributed by atoms with Crippen LogP contribution in [0.15, 0.2) is 48.6 Å². The smallest absolute Gasteiger partial charge is 0.222 e. The second-order valence-corrected chi connectivity index (χ2v) is 6.67. The molecule has 148 valence electrons. The van der Waals surface area contributed by atoms with E-state index in [9.17, 15) is 15.0 Å². The number of rotatable bonds is 14. The van der Waals surface area contributed by atoms with E-state index in [1.54, 1.807) is 37.2 Å². The van der Waals surface area contributed by atoms with Crippen molar-refractivity contribution >= 4 is 5.91 Å². The number of hydrogen-bond acceptors (Lipinski definition) is 3. The minimum atomic E-state index is -0.540. The molecular weight excluding hydrogens is 326 g/mol. The molecule has 0 saturated carbocycles. The van der Waals surface area contributed by atoms with Crippen molar-refractivity contribution in [3.05, 3.63) is 48.6 Å². The predicted octanol–water partition coefficient (Wildman–Crippen LogP) is 4.16. The number of allylic oxidation sites excluding steroid dienone is 5. The molecule has 0 fully saturated rings. The molecule has 0 rings (SSSR count). The van der Waals surface area contributed by atoms with E-state index in [4.69, 9.17) is 0 Å². The Morgan fingerprint density at radius 3 is 2.19 bits per heavy atom. The topological polar surface area (TPSA) is 60.8 Å². The van der Waals surface area contributed by atoms with Crippen LogP contribution in [-0.2, 0) is 4.79 Å². The van der Waals surface area contributed by atoms with Crippen molar-refractivity contribution < 1.29 is 15.0 Å². The number of carbonyl (C=O) groups excluding carboxylic acids is 1. The molecule has 0 heterocycles. The third kappa shape index (κ3) is 15.9. The van der Waals surface area contributed by atoms with Gasteiger partial charge in [0.15, 0.2) is 0 Å². The zero-order valence-electron chi connectivity index (χ0n) is 16.7. The maximum absolute atomic E-state index is 11.4. The highest BCUT2D eigenvalue weighted by Crippen LogP contribution is 2.04. The molecule has 0 saturated heterocycles. The number of nitrogens with zero attached hydrogens (tertiary/aromatic N) is 1. The van der Waals surface area contributed by atoms with Crippen molar-refractivity contribution in [3.8, 4) is 0 Å². The SMILES string of the molecule is CCCCC/C=C\C[C@H](O)/C=C/C=C/C=C\[C@H](O)CCCC(=O)N(C)C. The van der Waals surface area contributed by atoms with Gasteiger partial charge in [-0.2, -0.15) is 0 Å². The average molecular weight is 364 g/mol. The summed E-state index contributed by atoms with van der Waals surface area (Å²) >= 11 is 0. The number of aliphatic hydroxyl groups excluding tert-OH is 2. The number of amides is 1. The molecule has 4 nitrogen and oxygen atoms in total. The molecule has 0 aromatic heterocycles. The Labute approximate surface area is 159 Å². The van der Waals surface area contributed by atoms with Gasteiger partial charge in [-0.15, -0.1) is 0 Å². The average Bonchev–Trinajstić information content (AvgIpc) is 2.60. The Balaban J connectivity index is 3.86. The molecule has 0 aliphatic heterocycles. The van der Waals surface area contributed by atoms with Crippen LogP contribution in [0.2, 0.25) is 0 Å². The van der Waals surface area contributed by atoms with Gasteiger partial charge < -0.3 is 15.1 Å². The molecule has 0 aliphatic rings. The summed E-state index contributed by atoms with van der Waals surface area (Å²) in [4.78, 5) is 13.0. The molecule has 0 unspecified atom stereocenters. The van der Waals surface area contributed by atoms with Crippen molar-refractivity contribution in [2.24, 2.45) is 0 Å². The van der Waals surface area contributed by atoms with Crippen molar-refractivity contribution in [2.75, 3.05) is 14.1 Å². The van der Waals surface area contributed by atoms with E-state index in [1.807, 2.05) is 24.3 Å². The summed E-state index contributed by atoms with van der Waals surface area (Å²) in [6.45, 7) is 2.19. The second kappa shape index (κ2) is 16.8. The summed E-state index contributed by atoms with van der Waals surface area (Å²) < 4.78 is 0. The summed E-state index contributed by atoms with van der Waals surface area (Å²) in [6, 6.07) is 0. The lowest BCUT2D eigenvalue weighted by atomic mass is 10.1. The van der Waals surface area contributed by atoms with Gasteiger partial charge in [-0.1, -0.05) is 68.4 Å². The van der Waals surface area contributed by atoms with E-state index in [1.165, 1.54) is 19.3 Å². The summed E-state index contributed by atoms with van der Waals surface area (Å²) in [6.07, 6.45) is 21.0. The molecule has 0 aliphatic carbocycles. The number of unbranched alkanes of at least 4 members (excludes halogenated alkanes) is 3. The highest BCUT2D eigenvalue weighted by Gasteiger charge is 2.05. The van der Waals surface area contributed by atoms with E-state index in [0.29, 0.717) is 25.7 Å². The molecule has 2 atom stereocenters. The van der Waals surface area contributed by atoms with E-state index in [-0.39, 0.29) is 5.91 Å². The second-order valence-electron chi connectivity index (χ2n) is 6.67. The number of hydrogen-bond donors (Lipinski definition) is 2. The first-order valence-electron chi connectivity index (χ1n) is 9.70. The van der Waals surface area contributed by atoms with E-state index < -0.39 is 12.2 Å². The first-order chi connectivity index (χ1) is 12.5. The van der Waals surface area contributed by atoms with Gasteiger partial charge in [0.1, 0.15) is 0 Å². The highest BCUT2D eigenvalue weighted by molar-refractivity contribution is 5.75. The fourth-order valence-electron chi connectivity index (χ4n) is 2.24. The van der Waals surface area contributed by atoms with Crippen LogP contribution in [0.5, 0.6) is 0 Å². The van der Waals surface area contributed by atoms with Crippen LogP contribution >= 0.6 is 0 Å². The molecule has 0 spiro atoms. The molecule has 0 radical (unpaired) electrons. The van der Waals surface area contributed by atoms with Crippen molar-refractivity contribution in [1.82, 2.24) is 4.90 Å². The van der Waals surface area contributed by atoms with Crippen LogP contribution in [0, 0.1) is 0 Å². The van der Waals surface area contributed by atoms with Gasteiger partial charge in [0.2, 0.25) is 5.91 Å². The third-order valence-corrected chi connectivity index (χ3v) is 3.91. The fraction of sp³-hybridized carbons (Fsp3) is 0.591. The summed E-state index contributed by atoms with van der Waals surface area (Å²) in [7, 11) is 3.47. The molecule has 0 aromatic rings. The zero-order valence-corrected chi connectivity index (χ0v) is 16.7. The summed E-state index contributed by atoms with van der Waals surface area (Å²) in [5.74, 6) is 0.0839. The van der Waals surface area contributed by atoms with Gasteiger partial charge in [-0.25, -0.2) is 0 Å². The zero-order chi connectivity index (χ0) is 19.6. The molecule has 1 amide bonds. The summed E-state index contributed by atoms with van der Waals surface area (Å²) in [5.41, 5.74) is 0.